The molecule has 1 atom stereocenters. The number of unbranched alkanes of at least 4 members (excludes halogenated alkanes) is 1. The minimum Gasteiger partial charge on any atom is -0.326 e. The molecule has 1 aromatic heterocycles. The molecule has 0 radical (unpaired) electrons. The summed E-state index contributed by atoms with van der Waals surface area (Å²) in [6.45, 7) is 10.4. The Kier molecular flexibility index (Phi) is 5.69. The zero-order chi connectivity index (χ0) is 12.8. The van der Waals surface area contributed by atoms with E-state index in [0.29, 0.717) is 6.54 Å². The van der Waals surface area contributed by atoms with Gasteiger partial charge in [-0.15, -0.1) is 0 Å². The minimum atomic E-state index is 0.601. The van der Waals surface area contributed by atoms with Crippen molar-refractivity contribution < 1.29 is 0 Å². The lowest BCUT2D eigenvalue weighted by Gasteiger charge is -2.15. The topological polar surface area (TPSA) is 43.8 Å². The predicted octanol–water partition coefficient (Wildman–Crippen LogP) is 3.18. The van der Waals surface area contributed by atoms with Gasteiger partial charge < -0.3 is 5.73 Å². The first-order valence-corrected chi connectivity index (χ1v) is 6.86. The lowest BCUT2D eigenvalue weighted by Crippen LogP contribution is -2.13. The summed E-state index contributed by atoms with van der Waals surface area (Å²) in [7, 11) is 0. The average molecular weight is 237 g/mol. The Morgan fingerprint density at radius 2 is 2.00 bits per heavy atom. The van der Waals surface area contributed by atoms with Crippen LogP contribution in [0.15, 0.2) is 0 Å². The molecular formula is C14H27N3. The summed E-state index contributed by atoms with van der Waals surface area (Å²) >= 11 is 0. The van der Waals surface area contributed by atoms with Crippen molar-refractivity contribution in [3.8, 4) is 0 Å². The molecule has 1 heterocycles. The zero-order valence-electron chi connectivity index (χ0n) is 11.8. The van der Waals surface area contributed by atoms with E-state index in [1.54, 1.807) is 0 Å². The van der Waals surface area contributed by atoms with E-state index in [1.807, 2.05) is 0 Å². The van der Waals surface area contributed by atoms with Gasteiger partial charge in [0, 0.05) is 24.3 Å². The predicted molar refractivity (Wildman–Crippen MR) is 72.9 cm³/mol. The molecule has 1 unspecified atom stereocenters. The van der Waals surface area contributed by atoms with E-state index in [9.17, 15) is 0 Å². The molecule has 0 aliphatic rings. The molecule has 0 fully saturated rings. The summed E-state index contributed by atoms with van der Waals surface area (Å²) in [5.41, 5.74) is 9.32. The first-order valence-electron chi connectivity index (χ1n) is 6.86. The summed E-state index contributed by atoms with van der Waals surface area (Å²) in [6.07, 6.45) is 5.14. The van der Waals surface area contributed by atoms with Crippen LogP contribution < -0.4 is 5.73 Å². The van der Waals surface area contributed by atoms with Crippen LogP contribution in [-0.4, -0.2) is 9.78 Å². The van der Waals surface area contributed by atoms with Crippen molar-refractivity contribution in [2.45, 2.75) is 66.5 Å². The fourth-order valence-corrected chi connectivity index (χ4v) is 2.37. The van der Waals surface area contributed by atoms with Gasteiger partial charge in [-0.1, -0.05) is 33.1 Å². The molecule has 3 heteroatoms. The van der Waals surface area contributed by atoms with Crippen LogP contribution in [0.4, 0.5) is 0 Å². The Hall–Kier alpha value is -0.830. The van der Waals surface area contributed by atoms with Crippen LogP contribution in [0.5, 0.6) is 0 Å². The maximum atomic E-state index is 5.76. The number of rotatable bonds is 7. The maximum absolute atomic E-state index is 5.76. The minimum absolute atomic E-state index is 0.601. The van der Waals surface area contributed by atoms with Crippen LogP contribution in [0, 0.1) is 19.8 Å². The molecule has 0 aliphatic heterocycles. The van der Waals surface area contributed by atoms with Gasteiger partial charge in [0.05, 0.1) is 5.69 Å². The Bertz CT molecular complexity index is 341. The van der Waals surface area contributed by atoms with Gasteiger partial charge in [0.15, 0.2) is 0 Å². The molecule has 0 saturated carbocycles. The molecule has 3 nitrogen and oxygen atoms in total. The van der Waals surface area contributed by atoms with Gasteiger partial charge in [-0.05, 0) is 26.2 Å². The van der Waals surface area contributed by atoms with Crippen molar-refractivity contribution in [1.29, 1.82) is 0 Å². The van der Waals surface area contributed by atoms with Gasteiger partial charge in [-0.3, -0.25) is 4.68 Å². The van der Waals surface area contributed by atoms with E-state index in [1.165, 1.54) is 36.9 Å². The van der Waals surface area contributed by atoms with Crippen molar-refractivity contribution >= 4 is 0 Å². The van der Waals surface area contributed by atoms with Crippen LogP contribution in [0.1, 0.15) is 56.5 Å². The normalized spacial score (nSPS) is 13.0. The molecule has 0 spiro atoms. The molecule has 17 heavy (non-hydrogen) atoms. The van der Waals surface area contributed by atoms with Gasteiger partial charge in [0.1, 0.15) is 0 Å². The fraction of sp³-hybridized carbons (Fsp3) is 0.786. The number of aryl methyl sites for hydroxylation is 1. The van der Waals surface area contributed by atoms with Crippen molar-refractivity contribution in [3.63, 3.8) is 0 Å². The van der Waals surface area contributed by atoms with Crippen LogP contribution in [-0.2, 0) is 13.1 Å². The van der Waals surface area contributed by atoms with Gasteiger partial charge >= 0.3 is 0 Å². The Morgan fingerprint density at radius 1 is 1.29 bits per heavy atom. The Balaban J connectivity index is 2.72. The fourth-order valence-electron chi connectivity index (χ4n) is 2.37. The van der Waals surface area contributed by atoms with Crippen LogP contribution in [0.25, 0.3) is 0 Å². The number of nitrogens with two attached hydrogens (primary N) is 1. The Labute approximate surface area is 105 Å². The molecule has 1 aromatic rings. The maximum Gasteiger partial charge on any atom is 0.0641 e. The highest BCUT2D eigenvalue weighted by atomic mass is 15.3. The van der Waals surface area contributed by atoms with Crippen molar-refractivity contribution in [3.05, 3.63) is 17.0 Å². The van der Waals surface area contributed by atoms with Crippen LogP contribution >= 0.6 is 0 Å². The largest absolute Gasteiger partial charge is 0.326 e. The number of hydrogen-bond donors (Lipinski definition) is 1. The molecule has 0 bridgehead atoms. The zero-order valence-corrected chi connectivity index (χ0v) is 11.8. The number of aromatic nitrogens is 2. The van der Waals surface area contributed by atoms with E-state index in [2.05, 4.69) is 37.5 Å². The summed E-state index contributed by atoms with van der Waals surface area (Å²) < 4.78 is 2.15. The quantitative estimate of drug-likeness (QED) is 0.791. The van der Waals surface area contributed by atoms with E-state index in [-0.39, 0.29) is 0 Å². The van der Waals surface area contributed by atoms with Gasteiger partial charge in [0.25, 0.3) is 0 Å². The van der Waals surface area contributed by atoms with Crippen LogP contribution in [0.3, 0.4) is 0 Å². The average Bonchev–Trinajstić information content (AvgIpc) is 2.59. The molecule has 1 rings (SSSR count). The lowest BCUT2D eigenvalue weighted by atomic mass is 9.99. The van der Waals surface area contributed by atoms with E-state index >= 15 is 0 Å². The molecule has 0 aliphatic carbocycles. The van der Waals surface area contributed by atoms with E-state index in [0.717, 1.165) is 18.2 Å². The third-order valence-corrected chi connectivity index (χ3v) is 3.71. The van der Waals surface area contributed by atoms with Crippen LogP contribution in [0.2, 0.25) is 0 Å². The SMILES string of the molecule is CCCCC(CC)Cn1nc(C)c(CN)c1C. The molecule has 0 aromatic carbocycles. The summed E-state index contributed by atoms with van der Waals surface area (Å²) in [6, 6.07) is 0. The van der Waals surface area contributed by atoms with Crippen molar-refractivity contribution in [2.24, 2.45) is 11.7 Å². The highest BCUT2D eigenvalue weighted by Crippen LogP contribution is 2.18. The summed E-state index contributed by atoms with van der Waals surface area (Å²) in [4.78, 5) is 0. The van der Waals surface area contributed by atoms with Crippen molar-refractivity contribution in [2.75, 3.05) is 0 Å². The second-order valence-electron chi connectivity index (χ2n) is 4.95. The molecular weight excluding hydrogens is 210 g/mol. The van der Waals surface area contributed by atoms with Gasteiger partial charge in [0.2, 0.25) is 0 Å². The van der Waals surface area contributed by atoms with Gasteiger partial charge in [-0.25, -0.2) is 0 Å². The highest BCUT2D eigenvalue weighted by Gasteiger charge is 2.13. The lowest BCUT2D eigenvalue weighted by molar-refractivity contribution is 0.367. The third kappa shape index (κ3) is 3.56. The summed E-state index contributed by atoms with van der Waals surface area (Å²) in [5, 5.41) is 4.61. The second-order valence-corrected chi connectivity index (χ2v) is 4.95. The summed E-state index contributed by atoms with van der Waals surface area (Å²) in [5.74, 6) is 0.749. The first-order chi connectivity index (χ1) is 8.13. The second kappa shape index (κ2) is 6.80. The van der Waals surface area contributed by atoms with E-state index < -0.39 is 0 Å². The molecule has 98 valence electrons. The highest BCUT2D eigenvalue weighted by molar-refractivity contribution is 5.23. The molecule has 0 amide bonds. The Morgan fingerprint density at radius 3 is 2.47 bits per heavy atom. The van der Waals surface area contributed by atoms with E-state index in [4.69, 9.17) is 5.73 Å². The molecule has 0 saturated heterocycles. The standard InChI is InChI=1S/C14H27N3/c1-5-7-8-13(6-2)10-17-12(4)14(9-15)11(3)16-17/h13H,5-10,15H2,1-4H3. The monoisotopic (exact) mass is 237 g/mol. The molecule has 2 N–H and O–H groups in total. The number of nitrogens with zero attached hydrogens (tertiary/aromatic N) is 2. The first kappa shape index (κ1) is 14.2. The van der Waals surface area contributed by atoms with Gasteiger partial charge in [-0.2, -0.15) is 5.10 Å². The van der Waals surface area contributed by atoms with Crippen molar-refractivity contribution in [1.82, 2.24) is 9.78 Å². The third-order valence-electron chi connectivity index (χ3n) is 3.71. The smallest absolute Gasteiger partial charge is 0.0641 e. The number of hydrogen-bond acceptors (Lipinski definition) is 2.